The number of carbonyl (C=O) groups excluding carboxylic acids is 1. The molecule has 0 spiro atoms. The molecule has 0 radical (unpaired) electrons. The van der Waals surface area contributed by atoms with Crippen LogP contribution in [-0.4, -0.2) is 60.0 Å². The van der Waals surface area contributed by atoms with E-state index in [2.05, 4.69) is 23.9 Å². The van der Waals surface area contributed by atoms with E-state index in [1.807, 2.05) is 29.2 Å². The number of piperidine rings is 1. The molecule has 30 heavy (non-hydrogen) atoms. The van der Waals surface area contributed by atoms with Gasteiger partial charge in [0.25, 0.3) is 5.91 Å². The molecule has 4 rings (SSSR count). The third-order valence-electron chi connectivity index (χ3n) is 7.24. The lowest BCUT2D eigenvalue weighted by Gasteiger charge is -2.43. The van der Waals surface area contributed by atoms with Gasteiger partial charge in [-0.15, -0.1) is 0 Å². The fourth-order valence-corrected chi connectivity index (χ4v) is 5.47. The summed E-state index contributed by atoms with van der Waals surface area (Å²) in [6, 6.07) is 8.74. The van der Waals surface area contributed by atoms with Crippen LogP contribution in [0.5, 0.6) is 0 Å². The molecule has 1 N–H and O–H groups in total. The van der Waals surface area contributed by atoms with Gasteiger partial charge < -0.3 is 19.7 Å². The van der Waals surface area contributed by atoms with Gasteiger partial charge in [0.2, 0.25) is 0 Å². The van der Waals surface area contributed by atoms with Gasteiger partial charge in [0.15, 0.2) is 5.71 Å². The van der Waals surface area contributed by atoms with Gasteiger partial charge in [-0.25, -0.2) is 0 Å². The average molecular weight is 414 g/mol. The van der Waals surface area contributed by atoms with Crippen molar-refractivity contribution in [2.24, 2.45) is 17.0 Å². The SMILES string of the molecule is CC(C)C1CCC(N2CCC(N3C(=O)/C(=N\OCCO)c4ccccc43)CC2)CC1. The highest BCUT2D eigenvalue weighted by Crippen LogP contribution is 2.36. The summed E-state index contributed by atoms with van der Waals surface area (Å²) in [7, 11) is 0. The lowest BCUT2D eigenvalue weighted by Crippen LogP contribution is -2.50. The highest BCUT2D eigenvalue weighted by Gasteiger charge is 2.40. The molecule has 2 heterocycles. The maximum atomic E-state index is 13.2. The van der Waals surface area contributed by atoms with Gasteiger partial charge in [0.05, 0.1) is 12.3 Å². The third-order valence-corrected chi connectivity index (χ3v) is 7.24. The van der Waals surface area contributed by atoms with E-state index < -0.39 is 0 Å². The van der Waals surface area contributed by atoms with Crippen molar-refractivity contribution in [3.63, 3.8) is 0 Å². The minimum Gasteiger partial charge on any atom is -0.393 e. The van der Waals surface area contributed by atoms with Gasteiger partial charge in [0, 0.05) is 30.7 Å². The molecule has 2 fully saturated rings. The summed E-state index contributed by atoms with van der Waals surface area (Å²) in [6.45, 7) is 6.80. The second kappa shape index (κ2) is 9.48. The Bertz CT molecular complexity index is 763. The number of para-hydroxylation sites is 1. The van der Waals surface area contributed by atoms with Crippen molar-refractivity contribution in [3.05, 3.63) is 29.8 Å². The van der Waals surface area contributed by atoms with Gasteiger partial charge in [0.1, 0.15) is 6.61 Å². The number of aliphatic hydroxyl groups is 1. The van der Waals surface area contributed by atoms with Crippen LogP contribution in [0.2, 0.25) is 0 Å². The maximum absolute atomic E-state index is 13.2. The normalized spacial score (nSPS) is 27.1. The first kappa shape index (κ1) is 21.3. The number of carbonyl (C=O) groups is 1. The van der Waals surface area contributed by atoms with Crippen LogP contribution in [0, 0.1) is 11.8 Å². The van der Waals surface area contributed by atoms with E-state index in [9.17, 15) is 4.79 Å². The van der Waals surface area contributed by atoms with E-state index in [0.717, 1.165) is 49.0 Å². The number of rotatable bonds is 6. The molecule has 1 aliphatic carbocycles. The van der Waals surface area contributed by atoms with E-state index in [1.54, 1.807) is 0 Å². The van der Waals surface area contributed by atoms with Crippen LogP contribution in [0.3, 0.4) is 0 Å². The van der Waals surface area contributed by atoms with Crippen LogP contribution in [0.25, 0.3) is 0 Å². The summed E-state index contributed by atoms with van der Waals surface area (Å²) in [6.07, 6.45) is 7.34. The molecular weight excluding hydrogens is 378 g/mol. The number of oxime groups is 1. The van der Waals surface area contributed by atoms with Gasteiger partial charge in [-0.05, 0) is 56.4 Å². The molecule has 164 valence electrons. The molecule has 2 aliphatic heterocycles. The van der Waals surface area contributed by atoms with E-state index in [-0.39, 0.29) is 25.2 Å². The van der Waals surface area contributed by atoms with Crippen LogP contribution in [0.15, 0.2) is 29.4 Å². The van der Waals surface area contributed by atoms with Gasteiger partial charge >= 0.3 is 0 Å². The number of hydrogen-bond donors (Lipinski definition) is 1. The number of aliphatic hydroxyl groups excluding tert-OH is 1. The number of benzene rings is 1. The van der Waals surface area contributed by atoms with Crippen LogP contribution < -0.4 is 4.90 Å². The average Bonchev–Trinajstić information content (AvgIpc) is 3.05. The maximum Gasteiger partial charge on any atom is 0.281 e. The standard InChI is InChI=1S/C24H35N3O3/c1-17(2)18-7-9-19(10-8-18)26-13-11-20(12-14-26)27-22-6-4-3-5-21(22)23(24(27)29)25-30-16-15-28/h3-6,17-20,28H,7-16H2,1-2H3/b25-23-. The summed E-state index contributed by atoms with van der Waals surface area (Å²) in [5.74, 6) is 1.61. The number of amides is 1. The Hall–Kier alpha value is -1.92. The van der Waals surface area contributed by atoms with Crippen LogP contribution in [0.1, 0.15) is 57.9 Å². The third kappa shape index (κ3) is 4.26. The topological polar surface area (TPSA) is 65.4 Å². The van der Waals surface area contributed by atoms with E-state index in [1.165, 1.54) is 25.7 Å². The lowest BCUT2D eigenvalue weighted by atomic mass is 9.79. The zero-order chi connectivity index (χ0) is 21.1. The molecule has 1 saturated carbocycles. The summed E-state index contributed by atoms with van der Waals surface area (Å²) in [4.78, 5) is 22.9. The molecule has 1 amide bonds. The molecule has 1 saturated heterocycles. The van der Waals surface area contributed by atoms with Crippen molar-refractivity contribution in [2.75, 3.05) is 31.2 Å². The van der Waals surface area contributed by atoms with Crippen LogP contribution in [-0.2, 0) is 9.63 Å². The number of nitrogens with zero attached hydrogens (tertiary/aromatic N) is 3. The Kier molecular flexibility index (Phi) is 6.74. The second-order valence-electron chi connectivity index (χ2n) is 9.27. The smallest absolute Gasteiger partial charge is 0.281 e. The number of hydrogen-bond acceptors (Lipinski definition) is 5. The van der Waals surface area contributed by atoms with Crippen LogP contribution >= 0.6 is 0 Å². The second-order valence-corrected chi connectivity index (χ2v) is 9.27. The van der Waals surface area contributed by atoms with Crippen molar-refractivity contribution in [1.29, 1.82) is 0 Å². The Balaban J connectivity index is 1.40. The predicted molar refractivity (Wildman–Crippen MR) is 119 cm³/mol. The van der Waals surface area contributed by atoms with Crippen LogP contribution in [0.4, 0.5) is 5.69 Å². The minimum atomic E-state index is -0.117. The van der Waals surface area contributed by atoms with E-state index >= 15 is 0 Å². The Morgan fingerprint density at radius 1 is 1.07 bits per heavy atom. The Labute approximate surface area is 179 Å². The highest BCUT2D eigenvalue weighted by molar-refractivity contribution is 6.54. The summed E-state index contributed by atoms with van der Waals surface area (Å²) in [5, 5.41) is 13.0. The summed E-state index contributed by atoms with van der Waals surface area (Å²) < 4.78 is 0. The van der Waals surface area contributed by atoms with Gasteiger partial charge in [-0.1, -0.05) is 37.2 Å². The zero-order valence-electron chi connectivity index (χ0n) is 18.3. The van der Waals surface area contributed by atoms with Crippen molar-refractivity contribution < 1.29 is 14.7 Å². The first-order valence-electron chi connectivity index (χ1n) is 11.6. The highest BCUT2D eigenvalue weighted by atomic mass is 16.6. The molecule has 6 heteroatoms. The molecule has 0 unspecified atom stereocenters. The quantitative estimate of drug-likeness (QED) is 0.573. The molecule has 3 aliphatic rings. The van der Waals surface area contributed by atoms with E-state index in [0.29, 0.717) is 11.8 Å². The van der Waals surface area contributed by atoms with Crippen molar-refractivity contribution in [3.8, 4) is 0 Å². The molecule has 6 nitrogen and oxygen atoms in total. The number of likely N-dealkylation sites (tertiary alicyclic amines) is 1. The first-order chi connectivity index (χ1) is 14.6. The Morgan fingerprint density at radius 3 is 2.43 bits per heavy atom. The number of anilines is 1. The van der Waals surface area contributed by atoms with Crippen molar-refractivity contribution in [1.82, 2.24) is 4.90 Å². The van der Waals surface area contributed by atoms with E-state index in [4.69, 9.17) is 9.94 Å². The summed E-state index contributed by atoms with van der Waals surface area (Å²) >= 11 is 0. The lowest BCUT2D eigenvalue weighted by molar-refractivity contribution is -0.113. The van der Waals surface area contributed by atoms with Gasteiger partial charge in [-0.3, -0.25) is 4.79 Å². The van der Waals surface area contributed by atoms with Crippen molar-refractivity contribution >= 4 is 17.3 Å². The Morgan fingerprint density at radius 2 is 1.77 bits per heavy atom. The zero-order valence-corrected chi connectivity index (χ0v) is 18.3. The fraction of sp³-hybridized carbons (Fsp3) is 0.667. The molecule has 0 bridgehead atoms. The monoisotopic (exact) mass is 413 g/mol. The fourth-order valence-electron chi connectivity index (χ4n) is 5.47. The molecule has 1 aromatic rings. The molecule has 0 atom stereocenters. The summed E-state index contributed by atoms with van der Waals surface area (Å²) in [5.41, 5.74) is 2.12. The molecular formula is C24H35N3O3. The molecule has 0 aromatic heterocycles. The van der Waals surface area contributed by atoms with Crippen molar-refractivity contribution in [2.45, 2.75) is 64.5 Å². The largest absolute Gasteiger partial charge is 0.393 e. The number of fused-ring (bicyclic) bond motifs is 1. The minimum absolute atomic E-state index is 0.0787. The predicted octanol–water partition coefficient (Wildman–Crippen LogP) is 3.43. The molecule has 1 aromatic carbocycles. The van der Waals surface area contributed by atoms with Gasteiger partial charge in [-0.2, -0.15) is 0 Å². The first-order valence-corrected chi connectivity index (χ1v) is 11.6.